The van der Waals surface area contributed by atoms with Crippen LogP contribution >= 0.6 is 0 Å². The van der Waals surface area contributed by atoms with Crippen LogP contribution in [0, 0.1) is 5.92 Å². The topological polar surface area (TPSA) is 69.9 Å². The number of hydrogen-bond donors (Lipinski definition) is 3. The average Bonchev–Trinajstić information content (AvgIpc) is 2.08. The minimum atomic E-state index is -0.971. The summed E-state index contributed by atoms with van der Waals surface area (Å²) in [6.45, 7) is 3.38. The maximum absolute atomic E-state index is 9.48. The number of aliphatic hydroxyl groups is 3. The van der Waals surface area contributed by atoms with E-state index in [1.165, 1.54) is 0 Å². The third-order valence-electron chi connectivity index (χ3n) is 2.58. The van der Waals surface area contributed by atoms with E-state index in [9.17, 15) is 10.2 Å². The van der Waals surface area contributed by atoms with Crippen LogP contribution < -0.4 is 0 Å². The van der Waals surface area contributed by atoms with E-state index in [4.69, 9.17) is 9.84 Å². The van der Waals surface area contributed by atoms with Crippen LogP contribution in [-0.4, -0.2) is 46.3 Å². The van der Waals surface area contributed by atoms with Crippen molar-refractivity contribution < 1.29 is 20.1 Å². The van der Waals surface area contributed by atoms with Gasteiger partial charge in [0.2, 0.25) is 0 Å². The lowest BCUT2D eigenvalue weighted by atomic mass is 9.89. The van der Waals surface area contributed by atoms with Crippen molar-refractivity contribution in [1.29, 1.82) is 0 Å². The van der Waals surface area contributed by atoms with Crippen LogP contribution in [-0.2, 0) is 4.74 Å². The van der Waals surface area contributed by atoms with Crippen molar-refractivity contribution in [1.82, 2.24) is 0 Å². The van der Waals surface area contributed by atoms with Gasteiger partial charge in [-0.15, -0.1) is 0 Å². The molecule has 1 fully saturated rings. The molecule has 1 rings (SSSR count). The van der Waals surface area contributed by atoms with Crippen molar-refractivity contribution in [3.63, 3.8) is 0 Å². The van der Waals surface area contributed by atoms with Crippen LogP contribution in [0.2, 0.25) is 0 Å². The van der Waals surface area contributed by atoms with Gasteiger partial charge in [-0.3, -0.25) is 0 Å². The third-order valence-corrected chi connectivity index (χ3v) is 2.58. The first kappa shape index (κ1) is 9.92. The lowest BCUT2D eigenvalue weighted by Crippen LogP contribution is -2.53. The highest BCUT2D eigenvalue weighted by atomic mass is 16.5. The Balaban J connectivity index is 2.63. The fraction of sp³-hybridized carbons (Fsp3) is 1.00. The maximum atomic E-state index is 9.48. The molecule has 1 heterocycles. The van der Waals surface area contributed by atoms with E-state index in [1.807, 2.05) is 13.8 Å². The van der Waals surface area contributed by atoms with Crippen LogP contribution in [0.3, 0.4) is 0 Å². The summed E-state index contributed by atoms with van der Waals surface area (Å²) in [5.74, 6) is -0.0946. The fourth-order valence-electron chi connectivity index (χ4n) is 1.44. The first-order valence-corrected chi connectivity index (χ1v) is 4.20. The molecule has 0 amide bonds. The summed E-state index contributed by atoms with van der Waals surface area (Å²) in [6.07, 6.45) is -2.54. The van der Waals surface area contributed by atoms with E-state index in [2.05, 4.69) is 0 Å². The van der Waals surface area contributed by atoms with Crippen molar-refractivity contribution in [2.75, 3.05) is 6.61 Å². The highest BCUT2D eigenvalue weighted by molar-refractivity contribution is 4.87. The highest BCUT2D eigenvalue weighted by Crippen LogP contribution is 2.25. The molecule has 0 aromatic carbocycles. The first-order valence-electron chi connectivity index (χ1n) is 4.20. The standard InChI is InChI=1S/C8H16O4/c1-4-5(2)12-6(3-9)8(11)7(4)10/h4-11H,3H2,1-2H3/t4?,5?,6-,7-,8-/m1/s1. The van der Waals surface area contributed by atoms with Gasteiger partial charge in [-0.05, 0) is 6.92 Å². The van der Waals surface area contributed by atoms with Crippen molar-refractivity contribution in [3.8, 4) is 0 Å². The monoisotopic (exact) mass is 176 g/mol. The van der Waals surface area contributed by atoms with E-state index in [1.54, 1.807) is 0 Å². The van der Waals surface area contributed by atoms with E-state index in [-0.39, 0.29) is 18.6 Å². The van der Waals surface area contributed by atoms with Gasteiger partial charge in [0.05, 0.1) is 18.8 Å². The Hall–Kier alpha value is -0.160. The number of ether oxygens (including phenoxy) is 1. The summed E-state index contributed by atoms with van der Waals surface area (Å²) in [4.78, 5) is 0. The number of hydrogen-bond acceptors (Lipinski definition) is 4. The molecule has 0 aromatic heterocycles. The molecule has 5 atom stereocenters. The summed E-state index contributed by atoms with van der Waals surface area (Å²) in [7, 11) is 0. The Labute approximate surface area is 71.8 Å². The van der Waals surface area contributed by atoms with Crippen LogP contribution in [0.5, 0.6) is 0 Å². The molecule has 0 spiro atoms. The molecular weight excluding hydrogens is 160 g/mol. The van der Waals surface area contributed by atoms with E-state index >= 15 is 0 Å². The molecule has 12 heavy (non-hydrogen) atoms. The number of aliphatic hydroxyl groups excluding tert-OH is 3. The van der Waals surface area contributed by atoms with Crippen molar-refractivity contribution in [2.45, 2.75) is 38.3 Å². The summed E-state index contributed by atoms with van der Waals surface area (Å²) >= 11 is 0. The second kappa shape index (κ2) is 3.70. The Kier molecular flexibility index (Phi) is 3.06. The van der Waals surface area contributed by atoms with Crippen molar-refractivity contribution in [3.05, 3.63) is 0 Å². The SMILES string of the molecule is CC1O[C@H](CO)[C@@H](O)[C@H](O)C1C. The summed E-state index contributed by atoms with van der Waals surface area (Å²) in [5.41, 5.74) is 0. The molecule has 0 bridgehead atoms. The van der Waals surface area contributed by atoms with E-state index < -0.39 is 18.3 Å². The van der Waals surface area contributed by atoms with Gasteiger partial charge < -0.3 is 20.1 Å². The first-order chi connectivity index (χ1) is 5.57. The summed E-state index contributed by atoms with van der Waals surface area (Å²) < 4.78 is 5.27. The lowest BCUT2D eigenvalue weighted by molar-refractivity contribution is -0.200. The zero-order valence-electron chi connectivity index (χ0n) is 7.34. The Morgan fingerprint density at radius 2 is 1.75 bits per heavy atom. The van der Waals surface area contributed by atoms with Crippen LogP contribution in [0.1, 0.15) is 13.8 Å². The highest BCUT2D eigenvalue weighted by Gasteiger charge is 2.39. The molecule has 0 radical (unpaired) electrons. The van der Waals surface area contributed by atoms with E-state index in [0.29, 0.717) is 0 Å². The van der Waals surface area contributed by atoms with Gasteiger partial charge in [0.25, 0.3) is 0 Å². The van der Waals surface area contributed by atoms with Gasteiger partial charge in [0.1, 0.15) is 12.2 Å². The fourth-order valence-corrected chi connectivity index (χ4v) is 1.44. The molecule has 1 saturated heterocycles. The minimum Gasteiger partial charge on any atom is -0.394 e. The second-order valence-electron chi connectivity index (χ2n) is 3.40. The lowest BCUT2D eigenvalue weighted by Gasteiger charge is -2.39. The molecule has 2 unspecified atom stereocenters. The molecule has 0 saturated carbocycles. The Bertz CT molecular complexity index is 145. The summed E-state index contributed by atoms with van der Waals surface area (Å²) in [5, 5.41) is 27.7. The summed E-state index contributed by atoms with van der Waals surface area (Å²) in [6, 6.07) is 0. The maximum Gasteiger partial charge on any atom is 0.109 e. The molecule has 0 aliphatic carbocycles. The smallest absolute Gasteiger partial charge is 0.109 e. The molecule has 3 N–H and O–H groups in total. The second-order valence-corrected chi connectivity index (χ2v) is 3.40. The van der Waals surface area contributed by atoms with Crippen LogP contribution in [0.25, 0.3) is 0 Å². The van der Waals surface area contributed by atoms with Crippen molar-refractivity contribution in [2.24, 2.45) is 5.92 Å². The average molecular weight is 176 g/mol. The quantitative estimate of drug-likeness (QED) is 0.485. The predicted molar refractivity (Wildman–Crippen MR) is 42.6 cm³/mol. The van der Waals surface area contributed by atoms with Gasteiger partial charge in [-0.25, -0.2) is 0 Å². The molecule has 72 valence electrons. The van der Waals surface area contributed by atoms with Gasteiger partial charge >= 0.3 is 0 Å². The predicted octanol–water partition coefficient (Wildman–Crippen LogP) is -0.876. The Morgan fingerprint density at radius 3 is 2.25 bits per heavy atom. The zero-order chi connectivity index (χ0) is 9.30. The Morgan fingerprint density at radius 1 is 1.17 bits per heavy atom. The molecule has 1 aliphatic heterocycles. The van der Waals surface area contributed by atoms with Gasteiger partial charge in [0, 0.05) is 5.92 Å². The molecule has 1 aliphatic rings. The largest absolute Gasteiger partial charge is 0.394 e. The normalized spacial score (nSPS) is 49.2. The third kappa shape index (κ3) is 1.61. The zero-order valence-corrected chi connectivity index (χ0v) is 7.34. The van der Waals surface area contributed by atoms with Gasteiger partial charge in [0.15, 0.2) is 0 Å². The number of rotatable bonds is 1. The van der Waals surface area contributed by atoms with E-state index in [0.717, 1.165) is 0 Å². The van der Waals surface area contributed by atoms with Gasteiger partial charge in [-0.1, -0.05) is 6.92 Å². The van der Waals surface area contributed by atoms with Crippen LogP contribution in [0.15, 0.2) is 0 Å². The minimum absolute atomic E-state index is 0.0946. The molecule has 4 heteroatoms. The van der Waals surface area contributed by atoms with Crippen LogP contribution in [0.4, 0.5) is 0 Å². The molecule has 4 nitrogen and oxygen atoms in total. The van der Waals surface area contributed by atoms with Gasteiger partial charge in [-0.2, -0.15) is 0 Å². The molecule has 0 aromatic rings. The van der Waals surface area contributed by atoms with Crippen molar-refractivity contribution >= 4 is 0 Å². The molecular formula is C8H16O4.